The van der Waals surface area contributed by atoms with Crippen molar-refractivity contribution in [2.75, 3.05) is 6.54 Å². The highest BCUT2D eigenvalue weighted by atomic mass is 32.1. The molecule has 3 rings (SSSR count). The maximum atomic E-state index is 4.67. The van der Waals surface area contributed by atoms with Crippen LogP contribution in [0.1, 0.15) is 44.4 Å². The zero-order chi connectivity index (χ0) is 12.8. The van der Waals surface area contributed by atoms with Crippen LogP contribution in [-0.4, -0.2) is 32.4 Å². The third kappa shape index (κ3) is 2.14. The Bertz CT molecular complexity index is 544. The van der Waals surface area contributed by atoms with E-state index >= 15 is 0 Å². The summed E-state index contributed by atoms with van der Waals surface area (Å²) >= 11 is 1.66. The fourth-order valence-electron chi connectivity index (χ4n) is 2.35. The molecule has 1 atom stereocenters. The van der Waals surface area contributed by atoms with E-state index in [0.29, 0.717) is 6.04 Å². The molecule has 6 heteroatoms. The van der Waals surface area contributed by atoms with E-state index < -0.39 is 0 Å². The SMILES string of the molecule is CC(C)(C)c1nnc2sc(CC3CCCN3)nn12. The molecule has 1 saturated heterocycles. The van der Waals surface area contributed by atoms with Gasteiger partial charge in [-0.2, -0.15) is 9.61 Å². The van der Waals surface area contributed by atoms with Crippen molar-refractivity contribution in [3.63, 3.8) is 0 Å². The molecule has 1 aliphatic rings. The Labute approximate surface area is 111 Å². The van der Waals surface area contributed by atoms with Crippen molar-refractivity contribution < 1.29 is 0 Å². The van der Waals surface area contributed by atoms with Crippen LogP contribution >= 0.6 is 11.3 Å². The first-order valence-electron chi connectivity index (χ1n) is 6.49. The highest BCUT2D eigenvalue weighted by Gasteiger charge is 2.24. The molecule has 5 nitrogen and oxygen atoms in total. The van der Waals surface area contributed by atoms with Crippen molar-refractivity contribution >= 4 is 16.3 Å². The quantitative estimate of drug-likeness (QED) is 0.899. The molecule has 0 spiro atoms. The van der Waals surface area contributed by atoms with Gasteiger partial charge in [0.15, 0.2) is 5.82 Å². The average molecular weight is 265 g/mol. The molecule has 1 aliphatic heterocycles. The first kappa shape index (κ1) is 12.0. The van der Waals surface area contributed by atoms with Crippen LogP contribution < -0.4 is 5.32 Å². The fraction of sp³-hybridized carbons (Fsp3) is 0.750. The van der Waals surface area contributed by atoms with Crippen molar-refractivity contribution in [3.05, 3.63) is 10.8 Å². The van der Waals surface area contributed by atoms with Gasteiger partial charge >= 0.3 is 0 Å². The van der Waals surface area contributed by atoms with Gasteiger partial charge in [0, 0.05) is 17.9 Å². The first-order chi connectivity index (χ1) is 8.54. The van der Waals surface area contributed by atoms with Gasteiger partial charge in [-0.05, 0) is 19.4 Å². The molecule has 3 heterocycles. The maximum Gasteiger partial charge on any atom is 0.234 e. The molecule has 2 aromatic rings. The molecule has 18 heavy (non-hydrogen) atoms. The van der Waals surface area contributed by atoms with Gasteiger partial charge < -0.3 is 5.32 Å². The Balaban J connectivity index is 1.89. The Hall–Kier alpha value is -1.01. The molecule has 0 bridgehead atoms. The first-order valence-corrected chi connectivity index (χ1v) is 7.31. The minimum absolute atomic E-state index is 0.0175. The summed E-state index contributed by atoms with van der Waals surface area (Å²) in [5.74, 6) is 0.944. The summed E-state index contributed by atoms with van der Waals surface area (Å²) in [5, 5.41) is 17.8. The molecule has 1 N–H and O–H groups in total. The summed E-state index contributed by atoms with van der Waals surface area (Å²) in [6.07, 6.45) is 3.55. The van der Waals surface area contributed by atoms with Gasteiger partial charge in [-0.25, -0.2) is 0 Å². The van der Waals surface area contributed by atoms with Gasteiger partial charge in [-0.1, -0.05) is 32.1 Å². The van der Waals surface area contributed by atoms with Crippen molar-refractivity contribution in [3.8, 4) is 0 Å². The fourth-order valence-corrected chi connectivity index (χ4v) is 3.26. The second-order valence-corrected chi connectivity index (χ2v) is 7.00. The molecule has 0 radical (unpaired) electrons. The van der Waals surface area contributed by atoms with E-state index in [1.165, 1.54) is 12.8 Å². The molecule has 0 aliphatic carbocycles. The van der Waals surface area contributed by atoms with Gasteiger partial charge in [-0.15, -0.1) is 10.2 Å². The second kappa shape index (κ2) is 4.28. The van der Waals surface area contributed by atoms with Gasteiger partial charge in [0.05, 0.1) is 0 Å². The van der Waals surface area contributed by atoms with Gasteiger partial charge in [0.1, 0.15) is 5.01 Å². The predicted molar refractivity (Wildman–Crippen MR) is 72.1 cm³/mol. The Morgan fingerprint density at radius 2 is 2.22 bits per heavy atom. The lowest BCUT2D eigenvalue weighted by atomic mass is 9.96. The summed E-state index contributed by atoms with van der Waals surface area (Å²) < 4.78 is 1.91. The van der Waals surface area contributed by atoms with E-state index in [1.54, 1.807) is 11.3 Å². The summed E-state index contributed by atoms with van der Waals surface area (Å²) in [4.78, 5) is 0.910. The topological polar surface area (TPSA) is 55.1 Å². The summed E-state index contributed by atoms with van der Waals surface area (Å²) in [7, 11) is 0. The highest BCUT2D eigenvalue weighted by Crippen LogP contribution is 2.24. The molecule has 98 valence electrons. The minimum Gasteiger partial charge on any atom is -0.314 e. The van der Waals surface area contributed by atoms with Crippen LogP contribution in [0, 0.1) is 0 Å². The zero-order valence-corrected chi connectivity index (χ0v) is 11.9. The average Bonchev–Trinajstić information content (AvgIpc) is 2.90. The molecular formula is C12H19N5S. The van der Waals surface area contributed by atoms with E-state index in [2.05, 4.69) is 41.4 Å². The smallest absolute Gasteiger partial charge is 0.234 e. The number of hydrogen-bond donors (Lipinski definition) is 1. The number of rotatable bonds is 2. The minimum atomic E-state index is -0.0175. The van der Waals surface area contributed by atoms with Crippen molar-refractivity contribution in [2.45, 2.75) is 51.5 Å². The Morgan fingerprint density at radius 1 is 1.39 bits per heavy atom. The number of hydrogen-bond acceptors (Lipinski definition) is 5. The Morgan fingerprint density at radius 3 is 2.89 bits per heavy atom. The number of fused-ring (bicyclic) bond motifs is 1. The van der Waals surface area contributed by atoms with Crippen LogP contribution in [-0.2, 0) is 11.8 Å². The predicted octanol–water partition coefficient (Wildman–Crippen LogP) is 1.78. The molecular weight excluding hydrogens is 246 g/mol. The summed E-state index contributed by atoms with van der Waals surface area (Å²) in [6.45, 7) is 7.56. The number of aromatic nitrogens is 4. The lowest BCUT2D eigenvalue weighted by molar-refractivity contribution is 0.524. The molecule has 1 unspecified atom stereocenters. The zero-order valence-electron chi connectivity index (χ0n) is 11.1. The standard InChI is InChI=1S/C12H19N5S/c1-12(2,3)10-14-15-11-17(10)16-9(18-11)7-8-5-4-6-13-8/h8,13H,4-7H2,1-3H3. The highest BCUT2D eigenvalue weighted by molar-refractivity contribution is 7.16. The van der Waals surface area contributed by atoms with Crippen LogP contribution in [0.4, 0.5) is 0 Å². The van der Waals surface area contributed by atoms with E-state index in [0.717, 1.165) is 28.8 Å². The third-order valence-electron chi connectivity index (χ3n) is 3.29. The van der Waals surface area contributed by atoms with Crippen LogP contribution in [0.3, 0.4) is 0 Å². The van der Waals surface area contributed by atoms with E-state index in [4.69, 9.17) is 0 Å². The Kier molecular flexibility index (Phi) is 2.86. The van der Waals surface area contributed by atoms with Crippen molar-refractivity contribution in [1.82, 2.24) is 25.1 Å². The molecule has 0 amide bonds. The largest absolute Gasteiger partial charge is 0.314 e. The van der Waals surface area contributed by atoms with Gasteiger partial charge in [0.2, 0.25) is 4.96 Å². The molecule has 0 saturated carbocycles. The maximum absolute atomic E-state index is 4.67. The van der Waals surface area contributed by atoms with Crippen molar-refractivity contribution in [1.29, 1.82) is 0 Å². The van der Waals surface area contributed by atoms with Crippen LogP contribution in [0.15, 0.2) is 0 Å². The monoisotopic (exact) mass is 265 g/mol. The van der Waals surface area contributed by atoms with Crippen LogP contribution in [0.2, 0.25) is 0 Å². The molecule has 0 aromatic carbocycles. The second-order valence-electron chi connectivity index (χ2n) is 5.96. The van der Waals surface area contributed by atoms with E-state index in [-0.39, 0.29) is 5.41 Å². The number of nitrogens with one attached hydrogen (secondary N) is 1. The molecule has 2 aromatic heterocycles. The van der Waals surface area contributed by atoms with E-state index in [9.17, 15) is 0 Å². The third-order valence-corrected chi connectivity index (χ3v) is 4.21. The van der Waals surface area contributed by atoms with Gasteiger partial charge in [-0.3, -0.25) is 0 Å². The van der Waals surface area contributed by atoms with Crippen LogP contribution in [0.5, 0.6) is 0 Å². The lowest BCUT2D eigenvalue weighted by Crippen LogP contribution is -2.23. The number of nitrogens with zero attached hydrogens (tertiary/aromatic N) is 4. The van der Waals surface area contributed by atoms with Gasteiger partial charge in [0.25, 0.3) is 0 Å². The van der Waals surface area contributed by atoms with E-state index in [1.807, 2.05) is 4.52 Å². The summed E-state index contributed by atoms with van der Waals surface area (Å²) in [5.41, 5.74) is -0.0175. The molecule has 1 fully saturated rings. The summed E-state index contributed by atoms with van der Waals surface area (Å²) in [6, 6.07) is 0.590. The normalized spacial score (nSPS) is 20.9. The lowest BCUT2D eigenvalue weighted by Gasteiger charge is -2.13. The van der Waals surface area contributed by atoms with Crippen LogP contribution in [0.25, 0.3) is 4.96 Å². The van der Waals surface area contributed by atoms with Crippen molar-refractivity contribution in [2.24, 2.45) is 0 Å².